The standard InChI is InChI=1S/C20H27NO5S/c1-3-26-19(23)16-13-6-9-25-11-15(13)27-18(16)21-17(22)14-10-12-4-7-20(14,24-2)8-5-12/h12,14H,3-11H2,1-2H3,(H,21,22). The van der Waals surface area contributed by atoms with Gasteiger partial charge in [-0.2, -0.15) is 0 Å². The topological polar surface area (TPSA) is 73.9 Å². The van der Waals surface area contributed by atoms with Crippen molar-refractivity contribution in [2.45, 2.75) is 57.7 Å². The summed E-state index contributed by atoms with van der Waals surface area (Å²) in [5.74, 6) is 0.0396. The molecule has 1 N–H and O–H groups in total. The number of esters is 1. The molecule has 148 valence electrons. The van der Waals surface area contributed by atoms with Crippen molar-refractivity contribution in [3.63, 3.8) is 0 Å². The van der Waals surface area contributed by atoms with Crippen LogP contribution >= 0.6 is 11.3 Å². The molecule has 0 radical (unpaired) electrons. The number of hydrogen-bond acceptors (Lipinski definition) is 6. The molecule has 1 unspecified atom stereocenters. The van der Waals surface area contributed by atoms with Crippen molar-refractivity contribution in [1.82, 2.24) is 0 Å². The molecule has 4 aliphatic rings. The zero-order valence-corrected chi connectivity index (χ0v) is 16.8. The molecule has 0 saturated heterocycles. The fourth-order valence-electron chi connectivity index (χ4n) is 4.93. The second-order valence-corrected chi connectivity index (χ2v) is 8.83. The highest BCUT2D eigenvalue weighted by Gasteiger charge is 2.51. The smallest absolute Gasteiger partial charge is 0.341 e. The molecular weight excluding hydrogens is 366 g/mol. The summed E-state index contributed by atoms with van der Waals surface area (Å²) >= 11 is 1.44. The minimum atomic E-state index is -0.362. The largest absolute Gasteiger partial charge is 0.462 e. The van der Waals surface area contributed by atoms with Gasteiger partial charge in [-0.3, -0.25) is 4.79 Å². The first-order valence-electron chi connectivity index (χ1n) is 9.83. The molecule has 1 aromatic rings. The van der Waals surface area contributed by atoms with Crippen molar-refractivity contribution in [3.8, 4) is 0 Å². The van der Waals surface area contributed by atoms with Crippen molar-refractivity contribution in [3.05, 3.63) is 16.0 Å². The predicted molar refractivity (Wildman–Crippen MR) is 102 cm³/mol. The maximum Gasteiger partial charge on any atom is 0.341 e. The lowest BCUT2D eigenvalue weighted by atomic mass is 9.61. The van der Waals surface area contributed by atoms with E-state index in [9.17, 15) is 9.59 Å². The summed E-state index contributed by atoms with van der Waals surface area (Å²) in [5, 5.41) is 3.66. The molecule has 3 aliphatic carbocycles. The Balaban J connectivity index is 1.61. The van der Waals surface area contributed by atoms with Crippen molar-refractivity contribution in [1.29, 1.82) is 0 Å². The monoisotopic (exact) mass is 393 g/mol. The van der Waals surface area contributed by atoms with Crippen LogP contribution in [0.15, 0.2) is 0 Å². The van der Waals surface area contributed by atoms with Crippen molar-refractivity contribution in [2.75, 3.05) is 25.6 Å². The maximum absolute atomic E-state index is 13.2. The SMILES string of the molecule is CCOC(=O)c1c(NC(=O)C2CC3CCC2(OC)CC3)sc2c1CCOC2. The highest BCUT2D eigenvalue weighted by atomic mass is 32.1. The van der Waals surface area contributed by atoms with Crippen LogP contribution in [0.1, 0.15) is 59.8 Å². The third kappa shape index (κ3) is 3.30. The fourth-order valence-corrected chi connectivity index (χ4v) is 6.11. The molecule has 6 nitrogen and oxygen atoms in total. The Hall–Kier alpha value is -1.44. The first kappa shape index (κ1) is 18.9. The second-order valence-electron chi connectivity index (χ2n) is 7.72. The van der Waals surface area contributed by atoms with Gasteiger partial charge in [0.15, 0.2) is 0 Å². The van der Waals surface area contributed by atoms with Crippen LogP contribution in [0.4, 0.5) is 5.00 Å². The number of ether oxygens (including phenoxy) is 3. The van der Waals surface area contributed by atoms with Gasteiger partial charge in [-0.25, -0.2) is 4.79 Å². The fraction of sp³-hybridized carbons (Fsp3) is 0.700. The molecule has 0 aromatic carbocycles. The average molecular weight is 394 g/mol. The molecule has 0 spiro atoms. The third-order valence-electron chi connectivity index (χ3n) is 6.42. The summed E-state index contributed by atoms with van der Waals surface area (Å²) in [6.45, 7) is 3.17. The number of rotatable bonds is 5. The van der Waals surface area contributed by atoms with Crippen LogP contribution in [-0.4, -0.2) is 37.8 Å². The summed E-state index contributed by atoms with van der Waals surface area (Å²) in [4.78, 5) is 26.8. The predicted octanol–water partition coefficient (Wildman–Crippen LogP) is 3.53. The second kappa shape index (κ2) is 7.53. The molecule has 2 heterocycles. The van der Waals surface area contributed by atoms with Crippen molar-refractivity contribution in [2.24, 2.45) is 11.8 Å². The molecule has 3 fully saturated rings. The Bertz CT molecular complexity index is 735. The number of amides is 1. The molecule has 1 amide bonds. The Labute approximate surface area is 163 Å². The van der Waals surface area contributed by atoms with E-state index in [0.29, 0.717) is 42.7 Å². The quantitative estimate of drug-likeness (QED) is 0.775. The number of nitrogens with one attached hydrogen (secondary N) is 1. The Morgan fingerprint density at radius 3 is 2.81 bits per heavy atom. The molecular formula is C20H27NO5S. The van der Waals surface area contributed by atoms with Gasteiger partial charge in [0.2, 0.25) is 5.91 Å². The minimum absolute atomic E-state index is 0.0358. The van der Waals surface area contributed by atoms with Crippen LogP contribution < -0.4 is 5.32 Å². The van der Waals surface area contributed by atoms with E-state index in [1.165, 1.54) is 11.3 Å². The third-order valence-corrected chi connectivity index (χ3v) is 7.54. The molecule has 5 rings (SSSR count). The van der Waals surface area contributed by atoms with Gasteiger partial charge in [0.1, 0.15) is 5.00 Å². The van der Waals surface area contributed by atoms with E-state index in [0.717, 1.165) is 42.5 Å². The van der Waals surface area contributed by atoms with Gasteiger partial charge in [-0.05, 0) is 56.9 Å². The van der Waals surface area contributed by atoms with E-state index in [1.54, 1.807) is 14.0 Å². The van der Waals surface area contributed by atoms with Crippen molar-refractivity contribution >= 4 is 28.2 Å². The van der Waals surface area contributed by atoms with E-state index in [1.807, 2.05) is 0 Å². The van der Waals surface area contributed by atoms with Gasteiger partial charge in [0, 0.05) is 12.0 Å². The number of carbonyl (C=O) groups excluding carboxylic acids is 2. The molecule has 7 heteroatoms. The lowest BCUT2D eigenvalue weighted by Gasteiger charge is -2.50. The number of thiophene rings is 1. The summed E-state index contributed by atoms with van der Waals surface area (Å²) < 4.78 is 16.7. The Kier molecular flexibility index (Phi) is 5.27. The van der Waals surface area contributed by atoms with Gasteiger partial charge in [0.05, 0.1) is 36.9 Å². The van der Waals surface area contributed by atoms with E-state index < -0.39 is 0 Å². The first-order chi connectivity index (χ1) is 13.1. The van der Waals surface area contributed by atoms with Crippen LogP contribution in [0.25, 0.3) is 0 Å². The Morgan fingerprint density at radius 1 is 1.33 bits per heavy atom. The Morgan fingerprint density at radius 2 is 2.11 bits per heavy atom. The van der Waals surface area contributed by atoms with E-state index >= 15 is 0 Å². The summed E-state index contributed by atoms with van der Waals surface area (Å²) in [6, 6.07) is 0. The summed E-state index contributed by atoms with van der Waals surface area (Å²) in [7, 11) is 1.72. The number of anilines is 1. The lowest BCUT2D eigenvalue weighted by molar-refractivity contribution is -0.154. The normalized spacial score (nSPS) is 29.3. The molecule has 2 bridgehead atoms. The van der Waals surface area contributed by atoms with Crippen LogP contribution in [-0.2, 0) is 32.0 Å². The summed E-state index contributed by atoms with van der Waals surface area (Å²) in [6.07, 6.45) is 5.68. The van der Waals surface area contributed by atoms with Gasteiger partial charge < -0.3 is 19.5 Å². The van der Waals surface area contributed by atoms with Gasteiger partial charge >= 0.3 is 5.97 Å². The van der Waals surface area contributed by atoms with Gasteiger partial charge in [0.25, 0.3) is 0 Å². The highest BCUT2D eigenvalue weighted by molar-refractivity contribution is 7.17. The lowest BCUT2D eigenvalue weighted by Crippen LogP contribution is -2.53. The first-order valence-corrected chi connectivity index (χ1v) is 10.6. The maximum atomic E-state index is 13.2. The molecule has 1 aromatic heterocycles. The number of carbonyl (C=O) groups is 2. The van der Waals surface area contributed by atoms with Gasteiger partial charge in [-0.15, -0.1) is 11.3 Å². The number of hydrogen-bond donors (Lipinski definition) is 1. The van der Waals surface area contributed by atoms with Crippen LogP contribution in [0.5, 0.6) is 0 Å². The molecule has 27 heavy (non-hydrogen) atoms. The van der Waals surface area contributed by atoms with E-state index in [-0.39, 0.29) is 23.4 Å². The summed E-state index contributed by atoms with van der Waals surface area (Å²) in [5.41, 5.74) is 1.12. The van der Waals surface area contributed by atoms with E-state index in [2.05, 4.69) is 5.32 Å². The molecule has 1 atom stereocenters. The number of methoxy groups -OCH3 is 1. The molecule has 3 saturated carbocycles. The zero-order valence-electron chi connectivity index (χ0n) is 16.0. The number of fused-ring (bicyclic) bond motifs is 4. The van der Waals surface area contributed by atoms with Crippen molar-refractivity contribution < 1.29 is 23.8 Å². The highest BCUT2D eigenvalue weighted by Crippen LogP contribution is 2.50. The average Bonchev–Trinajstić information content (AvgIpc) is 3.06. The zero-order chi connectivity index (χ0) is 19.0. The van der Waals surface area contributed by atoms with Crippen LogP contribution in [0.3, 0.4) is 0 Å². The minimum Gasteiger partial charge on any atom is -0.462 e. The van der Waals surface area contributed by atoms with Crippen LogP contribution in [0.2, 0.25) is 0 Å². The molecule has 1 aliphatic heterocycles. The van der Waals surface area contributed by atoms with Crippen LogP contribution in [0, 0.1) is 11.8 Å². The van der Waals surface area contributed by atoms with Gasteiger partial charge in [-0.1, -0.05) is 0 Å². The van der Waals surface area contributed by atoms with E-state index in [4.69, 9.17) is 14.2 Å².